The highest BCUT2D eigenvalue weighted by molar-refractivity contribution is 5.16. The minimum absolute atomic E-state index is 0.580. The fourth-order valence-corrected chi connectivity index (χ4v) is 2.53. The molecule has 0 spiro atoms. The molecule has 1 nitrogen and oxygen atoms in total. The topological polar surface area (TPSA) is 12.9 Å². The van der Waals surface area contributed by atoms with E-state index in [9.17, 15) is 0 Å². The van der Waals surface area contributed by atoms with Crippen LogP contribution in [-0.2, 0) is 6.42 Å². The third kappa shape index (κ3) is 3.33. The predicted octanol–water partition coefficient (Wildman–Crippen LogP) is 4.43. The fraction of sp³-hybridized carbons (Fsp3) is 0.667. The molecule has 0 N–H and O–H groups in total. The first-order chi connectivity index (χ1) is 7.56. The zero-order valence-electron chi connectivity index (χ0n) is 11.3. The van der Waals surface area contributed by atoms with E-state index >= 15 is 0 Å². The summed E-state index contributed by atoms with van der Waals surface area (Å²) in [7, 11) is 0. The summed E-state index contributed by atoms with van der Waals surface area (Å²) >= 11 is 0. The van der Waals surface area contributed by atoms with Crippen LogP contribution in [0, 0.1) is 11.8 Å². The highest BCUT2D eigenvalue weighted by Crippen LogP contribution is 2.30. The van der Waals surface area contributed by atoms with E-state index in [1.807, 2.05) is 0 Å². The molecule has 0 fully saturated rings. The first-order valence-corrected chi connectivity index (χ1v) is 6.52. The Morgan fingerprint density at radius 1 is 1.06 bits per heavy atom. The van der Waals surface area contributed by atoms with Gasteiger partial charge >= 0.3 is 0 Å². The third-order valence-electron chi connectivity index (χ3n) is 3.11. The summed E-state index contributed by atoms with van der Waals surface area (Å²) in [6.45, 7) is 11.4. The molecule has 0 amide bonds. The van der Waals surface area contributed by atoms with Gasteiger partial charge in [-0.2, -0.15) is 0 Å². The lowest BCUT2D eigenvalue weighted by Crippen LogP contribution is -2.15. The van der Waals surface area contributed by atoms with Crippen LogP contribution in [0.25, 0.3) is 0 Å². The molecule has 0 aliphatic heterocycles. The summed E-state index contributed by atoms with van der Waals surface area (Å²) in [5.41, 5.74) is 2.52. The van der Waals surface area contributed by atoms with Crippen molar-refractivity contribution in [1.82, 2.24) is 4.98 Å². The molecule has 1 heteroatoms. The highest BCUT2D eigenvalue weighted by Gasteiger charge is 2.20. The molecule has 1 aromatic heterocycles. The summed E-state index contributed by atoms with van der Waals surface area (Å²) in [5, 5.41) is 0. The van der Waals surface area contributed by atoms with Crippen LogP contribution in [0.1, 0.15) is 58.3 Å². The van der Waals surface area contributed by atoms with Crippen LogP contribution in [0.15, 0.2) is 18.2 Å². The van der Waals surface area contributed by atoms with Crippen LogP contribution < -0.4 is 0 Å². The third-order valence-corrected chi connectivity index (χ3v) is 3.11. The van der Waals surface area contributed by atoms with Crippen molar-refractivity contribution in [3.63, 3.8) is 0 Å². The van der Waals surface area contributed by atoms with Gasteiger partial charge in [0, 0.05) is 17.3 Å². The minimum Gasteiger partial charge on any atom is -0.258 e. The standard InChI is InChI=1S/C15H25N/c1-6-8-13-9-7-10-14(16-13)15(11(2)3)12(4)5/h7,9-12,15H,6,8H2,1-5H3. The quantitative estimate of drug-likeness (QED) is 0.714. The number of aromatic nitrogens is 1. The first-order valence-electron chi connectivity index (χ1n) is 6.52. The average molecular weight is 219 g/mol. The van der Waals surface area contributed by atoms with Crippen molar-refractivity contribution in [2.24, 2.45) is 11.8 Å². The number of aryl methyl sites for hydroxylation is 1. The van der Waals surface area contributed by atoms with Crippen LogP contribution in [0.5, 0.6) is 0 Å². The summed E-state index contributed by atoms with van der Waals surface area (Å²) in [6, 6.07) is 6.49. The number of rotatable bonds is 5. The van der Waals surface area contributed by atoms with Crippen molar-refractivity contribution in [2.75, 3.05) is 0 Å². The summed E-state index contributed by atoms with van der Waals surface area (Å²) in [5.74, 6) is 1.89. The van der Waals surface area contributed by atoms with Crippen molar-refractivity contribution in [2.45, 2.75) is 53.4 Å². The smallest absolute Gasteiger partial charge is 0.0442 e. The van der Waals surface area contributed by atoms with E-state index in [0.29, 0.717) is 17.8 Å². The van der Waals surface area contributed by atoms with Crippen LogP contribution in [0.2, 0.25) is 0 Å². The zero-order valence-corrected chi connectivity index (χ0v) is 11.3. The van der Waals surface area contributed by atoms with Gasteiger partial charge in [0.1, 0.15) is 0 Å². The lowest BCUT2D eigenvalue weighted by Gasteiger charge is -2.24. The van der Waals surface area contributed by atoms with Gasteiger partial charge < -0.3 is 0 Å². The monoisotopic (exact) mass is 219 g/mol. The SMILES string of the molecule is CCCc1cccc(C(C(C)C)C(C)C)n1. The largest absolute Gasteiger partial charge is 0.258 e. The maximum Gasteiger partial charge on any atom is 0.0442 e. The molecular weight excluding hydrogens is 194 g/mol. The Bertz CT molecular complexity index is 307. The van der Waals surface area contributed by atoms with Crippen LogP contribution >= 0.6 is 0 Å². The van der Waals surface area contributed by atoms with Gasteiger partial charge in [-0.15, -0.1) is 0 Å². The Labute approximate surface area is 100 Å². The molecule has 0 saturated carbocycles. The van der Waals surface area contributed by atoms with Crippen LogP contribution in [0.3, 0.4) is 0 Å². The Morgan fingerprint density at radius 3 is 2.19 bits per heavy atom. The summed E-state index contributed by atoms with van der Waals surface area (Å²) in [6.07, 6.45) is 2.27. The van der Waals surface area contributed by atoms with E-state index in [1.54, 1.807) is 0 Å². The molecular formula is C15H25N. The van der Waals surface area contributed by atoms with E-state index in [1.165, 1.54) is 17.8 Å². The van der Waals surface area contributed by atoms with Gasteiger partial charge in [-0.3, -0.25) is 4.98 Å². The number of pyridine rings is 1. The second kappa shape index (κ2) is 6.03. The van der Waals surface area contributed by atoms with Gasteiger partial charge in [-0.05, 0) is 30.4 Å². The lowest BCUT2D eigenvalue weighted by atomic mass is 9.82. The molecule has 1 aromatic rings. The maximum absolute atomic E-state index is 4.81. The Balaban J connectivity index is 2.95. The van der Waals surface area contributed by atoms with E-state index in [2.05, 4.69) is 52.8 Å². The number of hydrogen-bond donors (Lipinski definition) is 0. The maximum atomic E-state index is 4.81. The molecule has 90 valence electrons. The predicted molar refractivity (Wildman–Crippen MR) is 70.6 cm³/mol. The fourth-order valence-electron chi connectivity index (χ4n) is 2.53. The molecule has 0 saturated heterocycles. The van der Waals surface area contributed by atoms with E-state index in [-0.39, 0.29) is 0 Å². The Kier molecular flexibility index (Phi) is 4.98. The van der Waals surface area contributed by atoms with Crippen molar-refractivity contribution in [3.05, 3.63) is 29.6 Å². The van der Waals surface area contributed by atoms with Gasteiger partial charge in [0.05, 0.1) is 0 Å². The van der Waals surface area contributed by atoms with Crippen molar-refractivity contribution in [3.8, 4) is 0 Å². The Hall–Kier alpha value is -0.850. The van der Waals surface area contributed by atoms with Crippen LogP contribution in [-0.4, -0.2) is 4.98 Å². The zero-order chi connectivity index (χ0) is 12.1. The molecule has 0 unspecified atom stereocenters. The molecule has 16 heavy (non-hydrogen) atoms. The molecule has 0 aliphatic carbocycles. The van der Waals surface area contributed by atoms with Crippen LogP contribution in [0.4, 0.5) is 0 Å². The van der Waals surface area contributed by atoms with Gasteiger partial charge in [-0.25, -0.2) is 0 Å². The highest BCUT2D eigenvalue weighted by atomic mass is 14.7. The molecule has 0 atom stereocenters. The molecule has 0 radical (unpaired) electrons. The van der Waals surface area contributed by atoms with Crippen molar-refractivity contribution in [1.29, 1.82) is 0 Å². The van der Waals surface area contributed by atoms with Gasteiger partial charge in [0.25, 0.3) is 0 Å². The van der Waals surface area contributed by atoms with E-state index < -0.39 is 0 Å². The lowest BCUT2D eigenvalue weighted by molar-refractivity contribution is 0.379. The van der Waals surface area contributed by atoms with Crippen molar-refractivity contribution >= 4 is 0 Å². The Morgan fingerprint density at radius 2 is 1.69 bits per heavy atom. The van der Waals surface area contributed by atoms with Crippen molar-refractivity contribution < 1.29 is 0 Å². The molecule has 0 aliphatic rings. The normalized spacial score (nSPS) is 11.8. The summed E-state index contributed by atoms with van der Waals surface area (Å²) in [4.78, 5) is 4.81. The molecule has 1 rings (SSSR count). The number of nitrogens with zero attached hydrogens (tertiary/aromatic N) is 1. The average Bonchev–Trinajstić information content (AvgIpc) is 2.17. The van der Waals surface area contributed by atoms with E-state index in [0.717, 1.165) is 6.42 Å². The first kappa shape index (κ1) is 13.2. The molecule has 0 bridgehead atoms. The second-order valence-corrected chi connectivity index (χ2v) is 5.32. The molecule has 0 aromatic carbocycles. The van der Waals surface area contributed by atoms with Gasteiger partial charge in [-0.1, -0.05) is 47.1 Å². The number of hydrogen-bond acceptors (Lipinski definition) is 1. The second-order valence-electron chi connectivity index (χ2n) is 5.32. The summed E-state index contributed by atoms with van der Waals surface area (Å²) < 4.78 is 0. The minimum atomic E-state index is 0.580. The van der Waals surface area contributed by atoms with Gasteiger partial charge in [0.2, 0.25) is 0 Å². The van der Waals surface area contributed by atoms with Gasteiger partial charge in [0.15, 0.2) is 0 Å². The van der Waals surface area contributed by atoms with E-state index in [4.69, 9.17) is 4.98 Å². The molecule has 1 heterocycles.